The van der Waals surface area contributed by atoms with Crippen LogP contribution in [-0.4, -0.2) is 17.2 Å². The van der Waals surface area contributed by atoms with Gasteiger partial charge in [0.15, 0.2) is 5.76 Å². The van der Waals surface area contributed by atoms with Crippen molar-refractivity contribution in [1.29, 1.82) is 0 Å². The number of rotatable bonds is 4. The first-order valence-corrected chi connectivity index (χ1v) is 8.93. The molecule has 0 bridgehead atoms. The van der Waals surface area contributed by atoms with E-state index in [9.17, 15) is 9.18 Å². The first-order valence-electron chi connectivity index (χ1n) is 8.55. The van der Waals surface area contributed by atoms with Crippen LogP contribution in [0.5, 0.6) is 5.75 Å². The van der Waals surface area contributed by atoms with Gasteiger partial charge in [-0.15, -0.1) is 0 Å². The molecule has 2 aliphatic rings. The number of halogens is 2. The Balaban J connectivity index is 1.22. The summed E-state index contributed by atoms with van der Waals surface area (Å²) in [6.45, 7) is 0.228. The Hall–Kier alpha value is -2.86. The van der Waals surface area contributed by atoms with Crippen LogP contribution in [0.1, 0.15) is 17.2 Å². The second-order valence-corrected chi connectivity index (χ2v) is 7.16. The highest BCUT2D eigenvalue weighted by Gasteiger charge is 2.62. The lowest BCUT2D eigenvalue weighted by Gasteiger charge is -2.08. The van der Waals surface area contributed by atoms with Crippen LogP contribution in [0.3, 0.4) is 0 Å². The zero-order valence-electron chi connectivity index (χ0n) is 14.0. The smallest absolute Gasteiger partial charge is 0.228 e. The standard InChI is InChI=1S/C20H14ClFN2O3/c21-11-3-1-10(2-4-11)15-8-13(27-24-15)9-23-20(25)18-17-14-7-12(22)5-6-16(14)26-19(17)18/h1-8,17-19H,9H2,(H,23,25). The third-order valence-electron chi connectivity index (χ3n) is 4.99. The summed E-state index contributed by atoms with van der Waals surface area (Å²) in [4.78, 5) is 12.4. The van der Waals surface area contributed by atoms with Gasteiger partial charge >= 0.3 is 0 Å². The average Bonchev–Trinajstić information content (AvgIpc) is 3.00. The van der Waals surface area contributed by atoms with Gasteiger partial charge in [0.05, 0.1) is 12.5 Å². The molecule has 2 heterocycles. The Kier molecular flexibility index (Phi) is 3.68. The average molecular weight is 385 g/mol. The van der Waals surface area contributed by atoms with E-state index in [2.05, 4.69) is 10.5 Å². The molecule has 7 heteroatoms. The number of nitrogens with one attached hydrogen (secondary N) is 1. The summed E-state index contributed by atoms with van der Waals surface area (Å²) in [5, 5.41) is 7.50. The number of carbonyl (C=O) groups is 1. The second kappa shape index (κ2) is 6.09. The van der Waals surface area contributed by atoms with Crippen LogP contribution in [0, 0.1) is 11.7 Å². The zero-order chi connectivity index (χ0) is 18.5. The lowest BCUT2D eigenvalue weighted by atomic mass is 10.1. The Labute approximate surface area is 159 Å². The predicted octanol–water partition coefficient (Wildman–Crippen LogP) is 3.92. The van der Waals surface area contributed by atoms with Crippen LogP contribution in [0.15, 0.2) is 53.1 Å². The Morgan fingerprint density at radius 1 is 1.19 bits per heavy atom. The van der Waals surface area contributed by atoms with E-state index in [0.717, 1.165) is 11.1 Å². The van der Waals surface area contributed by atoms with Crippen LogP contribution in [0.4, 0.5) is 4.39 Å². The molecule has 136 valence electrons. The molecule has 3 unspecified atom stereocenters. The fourth-order valence-electron chi connectivity index (χ4n) is 3.59. The van der Waals surface area contributed by atoms with Crippen molar-refractivity contribution >= 4 is 17.5 Å². The largest absolute Gasteiger partial charge is 0.489 e. The number of nitrogens with zero attached hydrogens (tertiary/aromatic N) is 1. The molecular weight excluding hydrogens is 371 g/mol. The molecule has 1 fully saturated rings. The number of benzene rings is 2. The number of carbonyl (C=O) groups excluding carboxylic acids is 1. The Morgan fingerprint density at radius 3 is 2.81 bits per heavy atom. The summed E-state index contributed by atoms with van der Waals surface area (Å²) in [6, 6.07) is 13.4. The quantitative estimate of drug-likeness (QED) is 0.740. The highest BCUT2D eigenvalue weighted by atomic mass is 35.5. The van der Waals surface area contributed by atoms with Crippen LogP contribution >= 0.6 is 11.6 Å². The maximum Gasteiger partial charge on any atom is 0.228 e. The SMILES string of the molecule is O=C(NCc1cc(-c2ccc(Cl)cc2)no1)C1C2Oc3ccc(F)cc3C21. The van der Waals surface area contributed by atoms with Gasteiger partial charge in [-0.1, -0.05) is 28.9 Å². The van der Waals surface area contributed by atoms with Crippen molar-refractivity contribution < 1.29 is 18.4 Å². The van der Waals surface area contributed by atoms with Gasteiger partial charge in [0.25, 0.3) is 0 Å². The monoisotopic (exact) mass is 384 g/mol. The molecule has 1 saturated carbocycles. The molecular formula is C20H14ClFN2O3. The van der Waals surface area contributed by atoms with E-state index < -0.39 is 0 Å². The molecule has 0 saturated heterocycles. The van der Waals surface area contributed by atoms with Gasteiger partial charge in [-0.2, -0.15) is 0 Å². The summed E-state index contributed by atoms with van der Waals surface area (Å²) >= 11 is 5.88. The zero-order valence-corrected chi connectivity index (χ0v) is 14.7. The van der Waals surface area contributed by atoms with Crippen molar-refractivity contribution in [2.75, 3.05) is 0 Å². The van der Waals surface area contributed by atoms with Gasteiger partial charge < -0.3 is 14.6 Å². The normalized spacial score (nSPS) is 21.9. The highest BCUT2D eigenvalue weighted by Crippen LogP contribution is 2.58. The molecule has 1 aliphatic heterocycles. The van der Waals surface area contributed by atoms with Crippen molar-refractivity contribution in [3.8, 4) is 17.0 Å². The van der Waals surface area contributed by atoms with Crippen LogP contribution < -0.4 is 10.1 Å². The van der Waals surface area contributed by atoms with Crippen molar-refractivity contribution in [2.24, 2.45) is 5.92 Å². The molecule has 1 amide bonds. The molecule has 5 nitrogen and oxygen atoms in total. The van der Waals surface area contributed by atoms with Gasteiger partial charge in [0.2, 0.25) is 5.91 Å². The Bertz CT molecular complexity index is 1030. The van der Waals surface area contributed by atoms with Gasteiger partial charge in [-0.25, -0.2) is 4.39 Å². The number of hydrogen-bond acceptors (Lipinski definition) is 4. The third kappa shape index (κ3) is 2.86. The maximum absolute atomic E-state index is 13.4. The molecule has 1 aliphatic carbocycles. The van der Waals surface area contributed by atoms with E-state index in [1.54, 1.807) is 24.3 Å². The lowest BCUT2D eigenvalue weighted by Crippen LogP contribution is -2.27. The van der Waals surface area contributed by atoms with E-state index in [-0.39, 0.29) is 36.2 Å². The molecule has 3 aromatic rings. The lowest BCUT2D eigenvalue weighted by molar-refractivity contribution is -0.123. The molecule has 0 spiro atoms. The van der Waals surface area contributed by atoms with Gasteiger partial charge in [0, 0.05) is 28.1 Å². The molecule has 2 aromatic carbocycles. The first-order chi connectivity index (χ1) is 13.1. The van der Waals surface area contributed by atoms with E-state index in [4.69, 9.17) is 20.9 Å². The summed E-state index contributed by atoms with van der Waals surface area (Å²) in [5.41, 5.74) is 2.32. The maximum atomic E-state index is 13.4. The van der Waals surface area contributed by atoms with E-state index in [0.29, 0.717) is 22.2 Å². The topological polar surface area (TPSA) is 64.4 Å². The molecule has 27 heavy (non-hydrogen) atoms. The van der Waals surface area contributed by atoms with Crippen LogP contribution in [0.25, 0.3) is 11.3 Å². The van der Waals surface area contributed by atoms with Crippen molar-refractivity contribution in [3.63, 3.8) is 0 Å². The number of ether oxygens (including phenoxy) is 1. The van der Waals surface area contributed by atoms with Crippen molar-refractivity contribution in [2.45, 2.75) is 18.6 Å². The van der Waals surface area contributed by atoms with E-state index in [1.807, 2.05) is 12.1 Å². The number of aromatic nitrogens is 1. The molecule has 0 radical (unpaired) electrons. The van der Waals surface area contributed by atoms with Crippen molar-refractivity contribution in [1.82, 2.24) is 10.5 Å². The number of fused-ring (bicyclic) bond motifs is 3. The minimum absolute atomic E-state index is 0.0740. The van der Waals surface area contributed by atoms with E-state index in [1.165, 1.54) is 12.1 Å². The summed E-state index contributed by atoms with van der Waals surface area (Å²) in [5.74, 6) is 0.391. The highest BCUT2D eigenvalue weighted by molar-refractivity contribution is 6.30. The van der Waals surface area contributed by atoms with Crippen LogP contribution in [-0.2, 0) is 11.3 Å². The Morgan fingerprint density at radius 2 is 2.00 bits per heavy atom. The van der Waals surface area contributed by atoms with Crippen molar-refractivity contribution in [3.05, 3.63) is 70.7 Å². The van der Waals surface area contributed by atoms with Crippen LogP contribution in [0.2, 0.25) is 5.02 Å². The third-order valence-corrected chi connectivity index (χ3v) is 5.24. The van der Waals surface area contributed by atoms with Gasteiger partial charge in [0.1, 0.15) is 23.4 Å². The van der Waals surface area contributed by atoms with Gasteiger partial charge in [-0.3, -0.25) is 4.79 Å². The molecule has 5 rings (SSSR count). The minimum Gasteiger partial charge on any atom is -0.489 e. The molecule has 3 atom stereocenters. The van der Waals surface area contributed by atoms with E-state index >= 15 is 0 Å². The number of amides is 1. The molecule has 1 aromatic heterocycles. The summed E-state index contributed by atoms with van der Waals surface area (Å²) in [7, 11) is 0. The first kappa shape index (κ1) is 16.3. The fourth-order valence-corrected chi connectivity index (χ4v) is 3.72. The number of hydrogen-bond donors (Lipinski definition) is 1. The molecule has 1 N–H and O–H groups in total. The summed E-state index contributed by atoms with van der Waals surface area (Å²) in [6.07, 6.45) is -0.207. The fraction of sp³-hybridized carbons (Fsp3) is 0.200. The predicted molar refractivity (Wildman–Crippen MR) is 95.8 cm³/mol. The minimum atomic E-state index is -0.319. The summed E-state index contributed by atoms with van der Waals surface area (Å²) < 4.78 is 24.4. The second-order valence-electron chi connectivity index (χ2n) is 6.72. The van der Waals surface area contributed by atoms with Gasteiger partial charge in [-0.05, 0) is 30.3 Å².